The summed E-state index contributed by atoms with van der Waals surface area (Å²) >= 11 is 1.63. The predicted molar refractivity (Wildman–Crippen MR) is 81.3 cm³/mol. The number of ether oxygens (including phenoxy) is 2. The lowest BCUT2D eigenvalue weighted by Gasteiger charge is -2.25. The molecule has 5 heteroatoms. The van der Waals surface area contributed by atoms with E-state index in [9.17, 15) is 4.79 Å². The van der Waals surface area contributed by atoms with Gasteiger partial charge in [-0.15, -0.1) is 11.8 Å². The first-order chi connectivity index (χ1) is 9.56. The third-order valence-electron chi connectivity index (χ3n) is 3.10. The molecule has 1 atom stereocenters. The van der Waals surface area contributed by atoms with Gasteiger partial charge in [0, 0.05) is 6.54 Å². The first-order valence-corrected chi connectivity index (χ1v) is 7.39. The van der Waals surface area contributed by atoms with Gasteiger partial charge in [-0.05, 0) is 24.6 Å². The summed E-state index contributed by atoms with van der Waals surface area (Å²) in [5.74, 6) is 2.03. The van der Waals surface area contributed by atoms with Gasteiger partial charge in [-0.2, -0.15) is 0 Å². The molecule has 0 aromatic heterocycles. The summed E-state index contributed by atoms with van der Waals surface area (Å²) in [5, 5.41) is 0.0130. The number of carbonyl (C=O) groups excluding carboxylic acids is 1. The highest BCUT2D eigenvalue weighted by molar-refractivity contribution is 8.00. The SMILES string of the molecule is C=C(C)CN1C(=O)CSC1c1ccc(OC)c(OC)c1. The van der Waals surface area contributed by atoms with Crippen molar-refractivity contribution < 1.29 is 14.3 Å². The van der Waals surface area contributed by atoms with Crippen LogP contribution in [-0.2, 0) is 4.79 Å². The van der Waals surface area contributed by atoms with Crippen LogP contribution in [0.5, 0.6) is 11.5 Å². The lowest BCUT2D eigenvalue weighted by Crippen LogP contribution is -2.29. The molecule has 0 spiro atoms. The van der Waals surface area contributed by atoms with E-state index in [1.165, 1.54) is 0 Å². The number of carbonyl (C=O) groups is 1. The average molecular weight is 293 g/mol. The average Bonchev–Trinajstić information content (AvgIpc) is 2.79. The van der Waals surface area contributed by atoms with Gasteiger partial charge in [0.15, 0.2) is 11.5 Å². The molecule has 1 aliphatic rings. The van der Waals surface area contributed by atoms with Gasteiger partial charge in [-0.25, -0.2) is 0 Å². The summed E-state index contributed by atoms with van der Waals surface area (Å²) in [7, 11) is 3.22. The standard InChI is InChI=1S/C15H19NO3S/c1-10(2)8-16-14(17)9-20-15(16)11-5-6-12(18-3)13(7-11)19-4/h5-7,15H,1,8-9H2,2-4H3. The van der Waals surface area contributed by atoms with E-state index in [1.807, 2.05) is 30.0 Å². The van der Waals surface area contributed by atoms with Crippen molar-refractivity contribution in [3.05, 3.63) is 35.9 Å². The maximum absolute atomic E-state index is 12.0. The van der Waals surface area contributed by atoms with Crippen molar-refractivity contribution in [1.29, 1.82) is 0 Å². The Labute approximate surface area is 123 Å². The van der Waals surface area contributed by atoms with Crippen LogP contribution in [-0.4, -0.2) is 37.3 Å². The number of methoxy groups -OCH3 is 2. The van der Waals surface area contributed by atoms with Gasteiger partial charge in [0.05, 0.1) is 20.0 Å². The van der Waals surface area contributed by atoms with Crippen molar-refractivity contribution in [3.8, 4) is 11.5 Å². The minimum absolute atomic E-state index is 0.0130. The molecule has 4 nitrogen and oxygen atoms in total. The Hall–Kier alpha value is -1.62. The first-order valence-electron chi connectivity index (χ1n) is 6.34. The van der Waals surface area contributed by atoms with Crippen LogP contribution in [0.15, 0.2) is 30.4 Å². The minimum atomic E-state index is 0.0130. The second-order valence-electron chi connectivity index (χ2n) is 4.76. The van der Waals surface area contributed by atoms with E-state index < -0.39 is 0 Å². The van der Waals surface area contributed by atoms with Crippen LogP contribution in [0, 0.1) is 0 Å². The zero-order valence-corrected chi connectivity index (χ0v) is 12.8. The van der Waals surface area contributed by atoms with Gasteiger partial charge in [-0.3, -0.25) is 4.79 Å². The molecule has 1 aromatic carbocycles. The zero-order valence-electron chi connectivity index (χ0n) is 12.0. The fourth-order valence-electron chi connectivity index (χ4n) is 2.20. The fraction of sp³-hybridized carbons (Fsp3) is 0.400. The normalized spacial score (nSPS) is 18.2. The molecular formula is C15H19NO3S. The molecule has 1 unspecified atom stereocenters. The van der Waals surface area contributed by atoms with Crippen molar-refractivity contribution >= 4 is 17.7 Å². The monoisotopic (exact) mass is 293 g/mol. The Balaban J connectivity index is 2.30. The molecule has 20 heavy (non-hydrogen) atoms. The maximum atomic E-state index is 12.0. The predicted octanol–water partition coefficient (Wildman–Crippen LogP) is 2.85. The highest BCUT2D eigenvalue weighted by Crippen LogP contribution is 2.41. The molecule has 1 amide bonds. The Morgan fingerprint density at radius 2 is 2.10 bits per heavy atom. The summed E-state index contributed by atoms with van der Waals surface area (Å²) in [4.78, 5) is 13.8. The van der Waals surface area contributed by atoms with E-state index in [0.717, 1.165) is 11.1 Å². The number of benzene rings is 1. The Morgan fingerprint density at radius 1 is 1.40 bits per heavy atom. The van der Waals surface area contributed by atoms with Crippen LogP contribution in [0.2, 0.25) is 0 Å². The van der Waals surface area contributed by atoms with E-state index in [1.54, 1.807) is 26.0 Å². The summed E-state index contributed by atoms with van der Waals surface area (Å²) in [6.07, 6.45) is 0. The molecule has 1 heterocycles. The van der Waals surface area contributed by atoms with Gasteiger partial charge in [-0.1, -0.05) is 18.2 Å². The fourth-order valence-corrected chi connectivity index (χ4v) is 3.38. The summed E-state index contributed by atoms with van der Waals surface area (Å²) in [6.45, 7) is 6.42. The van der Waals surface area contributed by atoms with Crippen LogP contribution in [0.4, 0.5) is 0 Å². The second kappa shape index (κ2) is 6.22. The third-order valence-corrected chi connectivity index (χ3v) is 4.36. The smallest absolute Gasteiger partial charge is 0.234 e. The maximum Gasteiger partial charge on any atom is 0.234 e. The Kier molecular flexibility index (Phi) is 4.60. The molecule has 0 N–H and O–H groups in total. The van der Waals surface area contributed by atoms with E-state index in [2.05, 4.69) is 6.58 Å². The molecule has 0 radical (unpaired) electrons. The Bertz CT molecular complexity index is 530. The second-order valence-corrected chi connectivity index (χ2v) is 5.83. The van der Waals surface area contributed by atoms with Crippen LogP contribution < -0.4 is 9.47 Å². The highest BCUT2D eigenvalue weighted by Gasteiger charge is 2.33. The molecule has 0 aliphatic carbocycles. The van der Waals surface area contributed by atoms with Crippen molar-refractivity contribution in [3.63, 3.8) is 0 Å². The van der Waals surface area contributed by atoms with Crippen molar-refractivity contribution in [2.24, 2.45) is 0 Å². The van der Waals surface area contributed by atoms with Gasteiger partial charge < -0.3 is 14.4 Å². The summed E-state index contributed by atoms with van der Waals surface area (Å²) < 4.78 is 10.6. The highest BCUT2D eigenvalue weighted by atomic mass is 32.2. The lowest BCUT2D eigenvalue weighted by molar-refractivity contribution is -0.127. The van der Waals surface area contributed by atoms with Gasteiger partial charge in [0.1, 0.15) is 5.37 Å². The number of hydrogen-bond acceptors (Lipinski definition) is 4. The van der Waals surface area contributed by atoms with Gasteiger partial charge >= 0.3 is 0 Å². The van der Waals surface area contributed by atoms with Crippen LogP contribution in [0.25, 0.3) is 0 Å². The van der Waals surface area contributed by atoms with Gasteiger partial charge in [0.2, 0.25) is 5.91 Å². The molecule has 108 valence electrons. The van der Waals surface area contributed by atoms with Crippen molar-refractivity contribution in [2.45, 2.75) is 12.3 Å². The zero-order chi connectivity index (χ0) is 14.7. The number of hydrogen-bond donors (Lipinski definition) is 0. The van der Waals surface area contributed by atoms with Crippen LogP contribution >= 0.6 is 11.8 Å². The Morgan fingerprint density at radius 3 is 2.70 bits per heavy atom. The molecular weight excluding hydrogens is 274 g/mol. The summed E-state index contributed by atoms with van der Waals surface area (Å²) in [5.41, 5.74) is 2.02. The number of thioether (sulfide) groups is 1. The first kappa shape index (κ1) is 14.8. The van der Waals surface area contributed by atoms with Crippen molar-refractivity contribution in [1.82, 2.24) is 4.90 Å². The molecule has 0 bridgehead atoms. The van der Waals surface area contributed by atoms with Crippen LogP contribution in [0.3, 0.4) is 0 Å². The number of amides is 1. The van der Waals surface area contributed by atoms with Crippen molar-refractivity contribution in [2.75, 3.05) is 26.5 Å². The topological polar surface area (TPSA) is 38.8 Å². The third kappa shape index (κ3) is 2.93. The van der Waals surface area contributed by atoms with E-state index in [-0.39, 0.29) is 11.3 Å². The van der Waals surface area contributed by atoms with Gasteiger partial charge in [0.25, 0.3) is 0 Å². The molecule has 2 rings (SSSR count). The molecule has 1 aliphatic heterocycles. The molecule has 1 fully saturated rings. The largest absolute Gasteiger partial charge is 0.493 e. The number of nitrogens with zero attached hydrogens (tertiary/aromatic N) is 1. The number of rotatable bonds is 5. The van der Waals surface area contributed by atoms with E-state index in [0.29, 0.717) is 23.8 Å². The van der Waals surface area contributed by atoms with E-state index >= 15 is 0 Å². The summed E-state index contributed by atoms with van der Waals surface area (Å²) in [6, 6.07) is 5.78. The molecule has 1 saturated heterocycles. The molecule has 1 aromatic rings. The lowest BCUT2D eigenvalue weighted by atomic mass is 10.1. The van der Waals surface area contributed by atoms with E-state index in [4.69, 9.17) is 9.47 Å². The van der Waals surface area contributed by atoms with Crippen LogP contribution in [0.1, 0.15) is 17.9 Å². The minimum Gasteiger partial charge on any atom is -0.493 e. The quantitative estimate of drug-likeness (QED) is 0.783. The molecule has 0 saturated carbocycles.